The van der Waals surface area contributed by atoms with E-state index in [1.165, 1.54) is 0 Å². The molecule has 39 heavy (non-hydrogen) atoms. The lowest BCUT2D eigenvalue weighted by atomic mass is 9.64. The van der Waals surface area contributed by atoms with Gasteiger partial charge in [-0.1, -0.05) is 129 Å². The molecule has 1 heterocycles. The van der Waals surface area contributed by atoms with Crippen molar-refractivity contribution in [2.75, 3.05) is 6.54 Å². The van der Waals surface area contributed by atoms with Crippen LogP contribution in [0, 0.1) is 5.92 Å². The van der Waals surface area contributed by atoms with Crippen molar-refractivity contribution in [3.05, 3.63) is 146 Å². The average molecular weight is 526 g/mol. The molecule has 1 aliphatic heterocycles. The van der Waals surface area contributed by atoms with E-state index < -0.39 is 17.4 Å². The van der Waals surface area contributed by atoms with Crippen molar-refractivity contribution in [2.24, 2.45) is 5.92 Å². The SMILES string of the molecule is C=C/C=C/C=C/C/C(=C/C)N1CCCC(C(=O)O)C1(/C(=C\C)C/C=C/C=C/C=C)/C(=C\C)C/C=C/C=C/C=C. The molecule has 0 aromatic carbocycles. The first-order valence-corrected chi connectivity index (χ1v) is 13.8. The average Bonchev–Trinajstić information content (AvgIpc) is 2.94. The number of carboxylic acids is 1. The van der Waals surface area contributed by atoms with Crippen LogP contribution in [0.15, 0.2) is 146 Å². The summed E-state index contributed by atoms with van der Waals surface area (Å²) in [5.41, 5.74) is 2.51. The molecule has 0 radical (unpaired) electrons. The Balaban J connectivity index is 3.85. The normalized spacial score (nSPS) is 19.4. The van der Waals surface area contributed by atoms with Crippen LogP contribution in [0.1, 0.15) is 52.9 Å². The number of hydrogen-bond acceptors (Lipinski definition) is 2. The molecule has 208 valence electrons. The summed E-state index contributed by atoms with van der Waals surface area (Å²) >= 11 is 0. The molecule has 1 atom stereocenters. The highest BCUT2D eigenvalue weighted by Crippen LogP contribution is 2.49. The van der Waals surface area contributed by atoms with Crippen LogP contribution in [-0.2, 0) is 4.79 Å². The van der Waals surface area contributed by atoms with E-state index in [4.69, 9.17) is 0 Å². The summed E-state index contributed by atoms with van der Waals surface area (Å²) in [6.45, 7) is 18.1. The molecule has 1 rings (SSSR count). The molecule has 0 aromatic rings. The Labute approximate surface area is 237 Å². The van der Waals surface area contributed by atoms with Crippen molar-refractivity contribution in [3.8, 4) is 0 Å². The Kier molecular flexibility index (Phi) is 16.4. The molecule has 0 amide bonds. The number of aliphatic carboxylic acids is 1. The Hall–Kier alpha value is -3.85. The summed E-state index contributed by atoms with van der Waals surface area (Å²) in [6.07, 6.45) is 38.9. The van der Waals surface area contributed by atoms with E-state index in [9.17, 15) is 9.90 Å². The zero-order chi connectivity index (χ0) is 28.9. The smallest absolute Gasteiger partial charge is 0.309 e. The van der Waals surface area contributed by atoms with Crippen LogP contribution >= 0.6 is 0 Å². The van der Waals surface area contributed by atoms with Gasteiger partial charge in [0, 0.05) is 18.7 Å². The third kappa shape index (κ3) is 9.44. The summed E-state index contributed by atoms with van der Waals surface area (Å²) in [6, 6.07) is 0. The highest BCUT2D eigenvalue weighted by molar-refractivity contribution is 5.75. The number of carboxylic acid groups (broad SMARTS) is 1. The maximum absolute atomic E-state index is 13.0. The monoisotopic (exact) mass is 525 g/mol. The topological polar surface area (TPSA) is 40.5 Å². The van der Waals surface area contributed by atoms with Crippen LogP contribution in [-0.4, -0.2) is 28.1 Å². The number of likely N-dealkylation sites (tertiary alicyclic amines) is 1. The first-order valence-electron chi connectivity index (χ1n) is 13.8. The van der Waals surface area contributed by atoms with Gasteiger partial charge in [0.05, 0.1) is 11.5 Å². The molecule has 0 aliphatic carbocycles. The molecule has 1 N–H and O–H groups in total. The van der Waals surface area contributed by atoms with Gasteiger partial charge in [-0.15, -0.1) is 0 Å². The molecule has 0 spiro atoms. The summed E-state index contributed by atoms with van der Waals surface area (Å²) in [4.78, 5) is 15.4. The van der Waals surface area contributed by atoms with E-state index in [1.54, 1.807) is 18.2 Å². The molecule has 0 aromatic heterocycles. The minimum atomic E-state index is -0.792. The predicted octanol–water partition coefficient (Wildman–Crippen LogP) is 9.38. The van der Waals surface area contributed by atoms with Crippen LogP contribution in [0.5, 0.6) is 0 Å². The largest absolute Gasteiger partial charge is 0.481 e. The summed E-state index contributed by atoms with van der Waals surface area (Å²) < 4.78 is 0. The van der Waals surface area contributed by atoms with Gasteiger partial charge in [-0.05, 0) is 57.6 Å². The van der Waals surface area contributed by atoms with Crippen LogP contribution in [0.4, 0.5) is 0 Å². The second-order valence-corrected chi connectivity index (χ2v) is 9.12. The summed E-state index contributed by atoms with van der Waals surface area (Å²) in [5.74, 6) is -1.35. The van der Waals surface area contributed by atoms with Gasteiger partial charge >= 0.3 is 5.97 Å². The second kappa shape index (κ2) is 19.3. The Morgan fingerprint density at radius 3 is 1.59 bits per heavy atom. The molecular weight excluding hydrogens is 478 g/mol. The number of piperidine rings is 1. The fraction of sp³-hybridized carbons (Fsp3) is 0.306. The highest BCUT2D eigenvalue weighted by Gasteiger charge is 2.53. The number of nitrogens with zero attached hydrogens (tertiary/aromatic N) is 1. The predicted molar refractivity (Wildman–Crippen MR) is 170 cm³/mol. The fourth-order valence-corrected chi connectivity index (χ4v) is 5.31. The maximum Gasteiger partial charge on any atom is 0.309 e. The Morgan fingerprint density at radius 2 is 1.21 bits per heavy atom. The van der Waals surface area contributed by atoms with E-state index >= 15 is 0 Å². The van der Waals surface area contributed by atoms with Crippen molar-refractivity contribution < 1.29 is 9.90 Å². The first-order chi connectivity index (χ1) is 19.0. The van der Waals surface area contributed by atoms with Crippen molar-refractivity contribution in [1.82, 2.24) is 4.90 Å². The first kappa shape index (κ1) is 33.2. The van der Waals surface area contributed by atoms with E-state index in [2.05, 4.69) is 61.1 Å². The molecule has 3 nitrogen and oxygen atoms in total. The zero-order valence-electron chi connectivity index (χ0n) is 24.1. The van der Waals surface area contributed by atoms with Gasteiger partial charge in [0.1, 0.15) is 0 Å². The van der Waals surface area contributed by atoms with Gasteiger partial charge in [-0.2, -0.15) is 0 Å². The lowest BCUT2D eigenvalue weighted by molar-refractivity contribution is -0.147. The van der Waals surface area contributed by atoms with Crippen LogP contribution in [0.2, 0.25) is 0 Å². The molecule has 0 saturated carbocycles. The molecular formula is C36H47NO2. The molecule has 1 saturated heterocycles. The fourth-order valence-electron chi connectivity index (χ4n) is 5.31. The van der Waals surface area contributed by atoms with Gasteiger partial charge < -0.3 is 10.0 Å². The third-order valence-corrected chi connectivity index (χ3v) is 6.94. The van der Waals surface area contributed by atoms with Crippen molar-refractivity contribution >= 4 is 5.97 Å². The molecule has 0 bridgehead atoms. The third-order valence-electron chi connectivity index (χ3n) is 6.94. The van der Waals surface area contributed by atoms with Gasteiger partial charge in [0.15, 0.2) is 0 Å². The van der Waals surface area contributed by atoms with Crippen molar-refractivity contribution in [3.63, 3.8) is 0 Å². The summed E-state index contributed by atoms with van der Waals surface area (Å²) in [5, 5.41) is 10.7. The van der Waals surface area contributed by atoms with Gasteiger partial charge in [0.25, 0.3) is 0 Å². The van der Waals surface area contributed by atoms with Crippen LogP contribution in [0.25, 0.3) is 0 Å². The van der Waals surface area contributed by atoms with Crippen molar-refractivity contribution in [1.29, 1.82) is 0 Å². The molecule has 1 unspecified atom stereocenters. The maximum atomic E-state index is 13.0. The minimum absolute atomic E-state index is 0.586. The van der Waals surface area contributed by atoms with E-state index in [0.29, 0.717) is 25.7 Å². The second-order valence-electron chi connectivity index (χ2n) is 9.12. The molecule has 3 heteroatoms. The number of rotatable bonds is 16. The van der Waals surface area contributed by atoms with Crippen LogP contribution < -0.4 is 0 Å². The van der Waals surface area contributed by atoms with Crippen LogP contribution in [0.3, 0.4) is 0 Å². The number of hydrogen-bond donors (Lipinski definition) is 1. The quantitative estimate of drug-likeness (QED) is 0.161. The van der Waals surface area contributed by atoms with E-state index in [0.717, 1.165) is 29.8 Å². The Bertz CT molecular complexity index is 1040. The molecule has 1 fully saturated rings. The number of carbonyl (C=O) groups is 1. The lowest BCUT2D eigenvalue weighted by Gasteiger charge is -2.55. The summed E-state index contributed by atoms with van der Waals surface area (Å²) in [7, 11) is 0. The minimum Gasteiger partial charge on any atom is -0.481 e. The number of allylic oxidation sites excluding steroid dienone is 18. The van der Waals surface area contributed by atoms with Gasteiger partial charge in [0.2, 0.25) is 0 Å². The van der Waals surface area contributed by atoms with E-state index in [-0.39, 0.29) is 0 Å². The standard InChI is InChI=1S/C36H47NO2/c1-7-13-16-19-22-26-31(10-4)36(32(11-5)27-23-20-17-14-8-2)34(35(38)39)29-25-30-37(36)33(12-6)28-24-21-18-15-9-3/h7-24,34H,1-3,25-30H2,4-6H3,(H,38,39)/b16-13+,17-14+,18-15+,22-19+,23-20+,24-21+,31-10-,32-11-,33-12-. The van der Waals surface area contributed by atoms with Gasteiger partial charge in [-0.25, -0.2) is 0 Å². The lowest BCUT2D eigenvalue weighted by Crippen LogP contribution is -2.61. The highest BCUT2D eigenvalue weighted by atomic mass is 16.4. The molecule has 1 aliphatic rings. The van der Waals surface area contributed by atoms with E-state index in [1.807, 2.05) is 75.5 Å². The Morgan fingerprint density at radius 1 is 0.744 bits per heavy atom. The zero-order valence-corrected chi connectivity index (χ0v) is 24.1. The van der Waals surface area contributed by atoms with Crippen molar-refractivity contribution in [2.45, 2.75) is 58.4 Å². The van der Waals surface area contributed by atoms with Gasteiger partial charge in [-0.3, -0.25) is 4.79 Å².